The summed E-state index contributed by atoms with van der Waals surface area (Å²) in [5, 5.41) is 40.2. The van der Waals surface area contributed by atoms with Crippen LogP contribution in [0.2, 0.25) is 0 Å². The average molecular weight is 259 g/mol. The summed E-state index contributed by atoms with van der Waals surface area (Å²) in [5.41, 5.74) is 2.68. The Bertz CT molecular complexity index is 833. The number of H-pyrrole nitrogens is 1. The molecule has 19 heavy (non-hydrogen) atoms. The lowest BCUT2D eigenvalue weighted by atomic mass is 10.0. The van der Waals surface area contributed by atoms with Crippen LogP contribution >= 0.6 is 0 Å². The molecule has 5 N–H and O–H groups in total. The van der Waals surface area contributed by atoms with Crippen molar-refractivity contribution in [3.05, 3.63) is 23.3 Å². The Morgan fingerprint density at radius 1 is 0.842 bits per heavy atom. The third-order valence-electron chi connectivity index (χ3n) is 3.59. The molecule has 0 aliphatic heterocycles. The van der Waals surface area contributed by atoms with Gasteiger partial charge in [-0.2, -0.15) is 0 Å². The summed E-state index contributed by atoms with van der Waals surface area (Å²) in [5.74, 6) is -1.30. The number of nitrogens with one attached hydrogen (secondary N) is 1. The highest BCUT2D eigenvalue weighted by atomic mass is 16.3. The summed E-state index contributed by atoms with van der Waals surface area (Å²) in [6.45, 7) is 3.72. The predicted octanol–water partition coefficient (Wildman–Crippen LogP) is 2.76. The van der Waals surface area contributed by atoms with E-state index in [2.05, 4.69) is 4.98 Å². The molecule has 0 spiro atoms. The quantitative estimate of drug-likeness (QED) is 0.401. The number of hydrogen-bond acceptors (Lipinski definition) is 4. The van der Waals surface area contributed by atoms with Crippen molar-refractivity contribution in [3.8, 4) is 23.0 Å². The van der Waals surface area contributed by atoms with Gasteiger partial charge in [0.15, 0.2) is 11.5 Å². The Morgan fingerprint density at radius 3 is 2.21 bits per heavy atom. The van der Waals surface area contributed by atoms with Gasteiger partial charge in [-0.25, -0.2) is 0 Å². The van der Waals surface area contributed by atoms with Crippen LogP contribution in [-0.2, 0) is 0 Å². The van der Waals surface area contributed by atoms with Crippen molar-refractivity contribution in [1.29, 1.82) is 0 Å². The van der Waals surface area contributed by atoms with E-state index in [1.807, 2.05) is 13.8 Å². The number of fused-ring (bicyclic) bond motifs is 3. The fourth-order valence-electron chi connectivity index (χ4n) is 2.47. The highest BCUT2D eigenvalue weighted by molar-refractivity contribution is 6.15. The molecule has 0 saturated carbocycles. The van der Waals surface area contributed by atoms with E-state index in [9.17, 15) is 20.4 Å². The summed E-state index contributed by atoms with van der Waals surface area (Å²) in [6, 6.07) is 2.95. The van der Waals surface area contributed by atoms with E-state index in [-0.39, 0.29) is 5.75 Å². The number of phenolic OH excluding ortho intramolecular Hbond substituents is 4. The number of hydrogen-bond donors (Lipinski definition) is 5. The van der Waals surface area contributed by atoms with Gasteiger partial charge in [0, 0.05) is 11.5 Å². The lowest BCUT2D eigenvalue weighted by Gasteiger charge is -2.06. The Kier molecular flexibility index (Phi) is 2.11. The van der Waals surface area contributed by atoms with Gasteiger partial charge < -0.3 is 25.4 Å². The zero-order valence-corrected chi connectivity index (χ0v) is 10.4. The van der Waals surface area contributed by atoms with E-state index < -0.39 is 17.2 Å². The zero-order chi connectivity index (χ0) is 13.9. The topological polar surface area (TPSA) is 96.7 Å². The molecule has 1 aromatic heterocycles. The standard InChI is InChI=1S/C14H13NO4/c1-5-3-8(16)12-10(6(5)2)11-7(15-12)4-9(17)13(18)14(11)19/h3-4,15-19H,1-2H3. The molecule has 3 aromatic rings. The highest BCUT2D eigenvalue weighted by Crippen LogP contribution is 2.46. The van der Waals surface area contributed by atoms with Crippen LogP contribution in [0.4, 0.5) is 0 Å². The molecule has 0 radical (unpaired) electrons. The van der Waals surface area contributed by atoms with Crippen LogP contribution in [0.3, 0.4) is 0 Å². The first-order valence-corrected chi connectivity index (χ1v) is 5.80. The van der Waals surface area contributed by atoms with Gasteiger partial charge in [-0.15, -0.1) is 0 Å². The van der Waals surface area contributed by atoms with Crippen LogP contribution < -0.4 is 0 Å². The summed E-state index contributed by atoms with van der Waals surface area (Å²) < 4.78 is 0. The van der Waals surface area contributed by atoms with Crippen LogP contribution in [0, 0.1) is 13.8 Å². The third kappa shape index (κ3) is 1.35. The molecule has 98 valence electrons. The zero-order valence-electron chi connectivity index (χ0n) is 10.4. The minimum atomic E-state index is -0.561. The van der Waals surface area contributed by atoms with Crippen molar-refractivity contribution in [3.63, 3.8) is 0 Å². The van der Waals surface area contributed by atoms with Crippen molar-refractivity contribution in [2.24, 2.45) is 0 Å². The van der Waals surface area contributed by atoms with E-state index in [1.165, 1.54) is 6.07 Å². The number of aromatic amines is 1. The molecule has 5 heteroatoms. The number of phenols is 4. The van der Waals surface area contributed by atoms with E-state index in [4.69, 9.17) is 0 Å². The molecule has 3 rings (SSSR count). The van der Waals surface area contributed by atoms with Crippen molar-refractivity contribution in [2.75, 3.05) is 0 Å². The molecule has 1 heterocycles. The smallest absolute Gasteiger partial charge is 0.201 e. The maximum absolute atomic E-state index is 10.0. The van der Waals surface area contributed by atoms with Crippen LogP contribution in [0.1, 0.15) is 11.1 Å². The van der Waals surface area contributed by atoms with Crippen molar-refractivity contribution < 1.29 is 20.4 Å². The third-order valence-corrected chi connectivity index (χ3v) is 3.59. The second-order valence-corrected chi connectivity index (χ2v) is 4.73. The fraction of sp³-hybridized carbons (Fsp3) is 0.143. The van der Waals surface area contributed by atoms with Gasteiger partial charge in [0.2, 0.25) is 5.75 Å². The molecule has 0 unspecified atom stereocenters. The molecular formula is C14H13NO4. The van der Waals surface area contributed by atoms with E-state index >= 15 is 0 Å². The van der Waals surface area contributed by atoms with Gasteiger partial charge in [-0.1, -0.05) is 0 Å². The SMILES string of the molecule is Cc1cc(O)c2[nH]c3cc(O)c(O)c(O)c3c2c1C. The second kappa shape index (κ2) is 3.47. The first kappa shape index (κ1) is 11.5. The Balaban J connectivity index is 2.67. The molecule has 0 aliphatic rings. The minimum absolute atomic E-state index is 0.0627. The van der Waals surface area contributed by atoms with Crippen molar-refractivity contribution in [2.45, 2.75) is 13.8 Å². The molecule has 0 aliphatic carbocycles. The van der Waals surface area contributed by atoms with Gasteiger partial charge in [0.1, 0.15) is 5.75 Å². The monoisotopic (exact) mass is 259 g/mol. The maximum Gasteiger partial charge on any atom is 0.201 e. The molecule has 0 bridgehead atoms. The van der Waals surface area contributed by atoms with E-state index in [0.717, 1.165) is 11.1 Å². The Hall–Kier alpha value is -2.56. The second-order valence-electron chi connectivity index (χ2n) is 4.73. The lowest BCUT2D eigenvalue weighted by molar-refractivity contribution is 0.371. The summed E-state index contributed by atoms with van der Waals surface area (Å²) in [4.78, 5) is 2.94. The van der Waals surface area contributed by atoms with Crippen LogP contribution in [0.5, 0.6) is 23.0 Å². The fourth-order valence-corrected chi connectivity index (χ4v) is 2.47. The highest BCUT2D eigenvalue weighted by Gasteiger charge is 2.19. The Labute approximate surface area is 108 Å². The van der Waals surface area contributed by atoms with Crippen LogP contribution in [0.15, 0.2) is 12.1 Å². The lowest BCUT2D eigenvalue weighted by Crippen LogP contribution is -1.83. The Morgan fingerprint density at radius 2 is 1.53 bits per heavy atom. The van der Waals surface area contributed by atoms with Gasteiger partial charge >= 0.3 is 0 Å². The summed E-state index contributed by atoms with van der Waals surface area (Å²) in [6.07, 6.45) is 0. The number of aromatic nitrogens is 1. The molecule has 0 atom stereocenters. The molecule has 0 fully saturated rings. The number of rotatable bonds is 0. The largest absolute Gasteiger partial charge is 0.506 e. The van der Waals surface area contributed by atoms with Gasteiger partial charge in [0.25, 0.3) is 0 Å². The van der Waals surface area contributed by atoms with Gasteiger partial charge in [0.05, 0.1) is 16.4 Å². The van der Waals surface area contributed by atoms with Crippen LogP contribution in [-0.4, -0.2) is 25.4 Å². The van der Waals surface area contributed by atoms with Crippen molar-refractivity contribution >= 4 is 21.8 Å². The molecule has 2 aromatic carbocycles. The average Bonchev–Trinajstić information content (AvgIpc) is 2.73. The normalized spacial score (nSPS) is 11.5. The van der Waals surface area contributed by atoms with Gasteiger partial charge in [-0.05, 0) is 31.0 Å². The minimum Gasteiger partial charge on any atom is -0.506 e. The predicted molar refractivity (Wildman–Crippen MR) is 71.9 cm³/mol. The first-order chi connectivity index (χ1) is 8.91. The summed E-state index contributed by atoms with van der Waals surface area (Å²) in [7, 11) is 0. The van der Waals surface area contributed by atoms with Gasteiger partial charge in [-0.3, -0.25) is 0 Å². The molecule has 0 amide bonds. The number of benzene rings is 2. The first-order valence-electron chi connectivity index (χ1n) is 5.80. The van der Waals surface area contributed by atoms with E-state index in [1.54, 1.807) is 6.07 Å². The molecular weight excluding hydrogens is 246 g/mol. The number of aryl methyl sites for hydroxylation is 2. The maximum atomic E-state index is 10.0. The summed E-state index contributed by atoms with van der Waals surface area (Å²) >= 11 is 0. The van der Waals surface area contributed by atoms with E-state index in [0.29, 0.717) is 21.8 Å². The number of aromatic hydroxyl groups is 4. The molecule has 5 nitrogen and oxygen atoms in total. The van der Waals surface area contributed by atoms with Crippen LogP contribution in [0.25, 0.3) is 21.8 Å². The molecule has 0 saturated heterocycles. The van der Waals surface area contributed by atoms with Crippen molar-refractivity contribution in [1.82, 2.24) is 4.98 Å².